The molecule has 0 saturated heterocycles. The average Bonchev–Trinajstić information content (AvgIpc) is 2.65. The molecular weight excluding hydrogens is 271 g/mol. The first-order valence-corrected chi connectivity index (χ1v) is 6.00. The second kappa shape index (κ2) is 4.54. The lowest BCUT2D eigenvalue weighted by atomic mass is 10.2. The van der Waals surface area contributed by atoms with E-state index in [1.807, 2.05) is 0 Å². The number of aromatic nitrogens is 1. The van der Waals surface area contributed by atoms with E-state index in [0.29, 0.717) is 0 Å². The van der Waals surface area contributed by atoms with E-state index < -0.39 is 23.4 Å². The largest absolute Gasteiger partial charge is 0.443 e. The van der Waals surface area contributed by atoms with Gasteiger partial charge in [-0.1, -0.05) is 18.2 Å². The molecule has 0 saturated carbocycles. The maximum atomic E-state index is 13.0. The summed E-state index contributed by atoms with van der Waals surface area (Å²) in [5.41, 5.74) is -1.45. The van der Waals surface area contributed by atoms with Gasteiger partial charge in [0.05, 0.1) is 11.1 Å². The number of fused-ring (bicyclic) bond motifs is 1. The molecule has 0 spiro atoms. The van der Waals surface area contributed by atoms with Gasteiger partial charge < -0.3 is 4.74 Å². The Morgan fingerprint density at radius 2 is 1.75 bits per heavy atom. The van der Waals surface area contributed by atoms with Crippen molar-refractivity contribution < 1.29 is 22.7 Å². The zero-order valence-electron chi connectivity index (χ0n) is 11.3. The minimum Gasteiger partial charge on any atom is -0.443 e. The Hall–Kier alpha value is -1.98. The van der Waals surface area contributed by atoms with Crippen LogP contribution < -0.4 is 0 Å². The summed E-state index contributed by atoms with van der Waals surface area (Å²) in [5.74, 6) is 0. The molecule has 0 aliphatic rings. The molecule has 0 radical (unpaired) electrons. The molecule has 0 aliphatic heterocycles. The Balaban J connectivity index is 2.58. The Kier molecular flexibility index (Phi) is 3.28. The lowest BCUT2D eigenvalue weighted by Crippen LogP contribution is -2.26. The van der Waals surface area contributed by atoms with E-state index in [4.69, 9.17) is 4.74 Å². The first-order chi connectivity index (χ1) is 9.09. The van der Waals surface area contributed by atoms with Gasteiger partial charge >= 0.3 is 12.3 Å². The third-order valence-corrected chi connectivity index (χ3v) is 2.61. The number of carbonyl (C=O) groups excluding carboxylic acids is 1. The second-order valence-corrected chi connectivity index (χ2v) is 5.41. The molecule has 0 aliphatic carbocycles. The van der Waals surface area contributed by atoms with Crippen molar-refractivity contribution >= 4 is 17.0 Å². The third-order valence-electron chi connectivity index (χ3n) is 2.61. The number of benzene rings is 1. The van der Waals surface area contributed by atoms with Crippen molar-refractivity contribution in [2.75, 3.05) is 0 Å². The van der Waals surface area contributed by atoms with Crippen molar-refractivity contribution in [1.82, 2.24) is 4.57 Å². The maximum absolute atomic E-state index is 13.0. The fraction of sp³-hybridized carbons (Fsp3) is 0.357. The number of halogens is 3. The molecule has 20 heavy (non-hydrogen) atoms. The van der Waals surface area contributed by atoms with Gasteiger partial charge in [-0.05, 0) is 26.8 Å². The minimum atomic E-state index is -4.52. The highest BCUT2D eigenvalue weighted by atomic mass is 19.4. The van der Waals surface area contributed by atoms with Crippen molar-refractivity contribution in [2.45, 2.75) is 32.5 Å². The van der Waals surface area contributed by atoms with Crippen LogP contribution in [0.3, 0.4) is 0 Å². The van der Waals surface area contributed by atoms with Crippen LogP contribution in [-0.2, 0) is 10.9 Å². The Morgan fingerprint density at radius 3 is 2.30 bits per heavy atom. The molecule has 108 valence electrons. The van der Waals surface area contributed by atoms with E-state index in [2.05, 4.69) is 0 Å². The number of ether oxygens (including phenoxy) is 1. The van der Waals surface area contributed by atoms with Gasteiger partial charge in [-0.15, -0.1) is 0 Å². The van der Waals surface area contributed by atoms with Gasteiger partial charge in [-0.3, -0.25) is 4.57 Å². The smallest absolute Gasteiger partial charge is 0.419 e. The van der Waals surface area contributed by atoms with Crippen molar-refractivity contribution in [3.8, 4) is 0 Å². The van der Waals surface area contributed by atoms with Crippen LogP contribution in [0.15, 0.2) is 30.5 Å². The van der Waals surface area contributed by atoms with E-state index >= 15 is 0 Å². The van der Waals surface area contributed by atoms with Crippen LogP contribution in [-0.4, -0.2) is 16.3 Å². The van der Waals surface area contributed by atoms with Gasteiger partial charge in [0.2, 0.25) is 0 Å². The normalized spacial score (nSPS) is 12.7. The van der Waals surface area contributed by atoms with Crippen LogP contribution in [0.2, 0.25) is 0 Å². The number of alkyl halides is 3. The molecule has 0 bridgehead atoms. The summed E-state index contributed by atoms with van der Waals surface area (Å²) in [5, 5.41) is -0.0224. The Bertz CT molecular complexity index is 650. The van der Waals surface area contributed by atoms with Crippen molar-refractivity contribution in [3.05, 3.63) is 36.0 Å². The van der Waals surface area contributed by atoms with E-state index in [9.17, 15) is 18.0 Å². The molecule has 0 atom stereocenters. The molecule has 0 fully saturated rings. The number of hydrogen-bond donors (Lipinski definition) is 0. The van der Waals surface area contributed by atoms with Gasteiger partial charge in [-0.25, -0.2) is 4.79 Å². The second-order valence-electron chi connectivity index (χ2n) is 5.41. The Labute approximate surface area is 113 Å². The zero-order valence-corrected chi connectivity index (χ0v) is 11.3. The molecule has 2 rings (SSSR count). The summed E-state index contributed by atoms with van der Waals surface area (Å²) >= 11 is 0. The first-order valence-electron chi connectivity index (χ1n) is 6.00. The van der Waals surface area contributed by atoms with Crippen molar-refractivity contribution in [1.29, 1.82) is 0 Å². The molecule has 0 N–H and O–H groups in total. The van der Waals surface area contributed by atoms with Gasteiger partial charge in [0, 0.05) is 11.6 Å². The molecule has 3 nitrogen and oxygen atoms in total. The fourth-order valence-corrected chi connectivity index (χ4v) is 1.87. The van der Waals surface area contributed by atoms with Crippen molar-refractivity contribution in [3.63, 3.8) is 0 Å². The highest BCUT2D eigenvalue weighted by Crippen LogP contribution is 2.36. The minimum absolute atomic E-state index is 0.0224. The number of hydrogen-bond acceptors (Lipinski definition) is 2. The van der Waals surface area contributed by atoms with Crippen LogP contribution in [0.25, 0.3) is 10.9 Å². The lowest BCUT2D eigenvalue weighted by Gasteiger charge is -2.19. The summed E-state index contributed by atoms with van der Waals surface area (Å²) < 4.78 is 44.9. The SMILES string of the molecule is CC(C)(C)OC(=O)n1cc(C(F)(F)F)c2ccccc21. The van der Waals surface area contributed by atoms with Gasteiger partial charge in [0.1, 0.15) is 5.60 Å². The summed E-state index contributed by atoms with van der Waals surface area (Å²) in [6.07, 6.45) is -4.57. The molecule has 6 heteroatoms. The van der Waals surface area contributed by atoms with Gasteiger partial charge in [0.25, 0.3) is 0 Å². The summed E-state index contributed by atoms with van der Waals surface area (Å²) in [7, 11) is 0. The maximum Gasteiger partial charge on any atom is 0.419 e. The average molecular weight is 285 g/mol. The van der Waals surface area contributed by atoms with Crippen LogP contribution in [0, 0.1) is 0 Å². The van der Waals surface area contributed by atoms with Crippen molar-refractivity contribution in [2.24, 2.45) is 0 Å². The first kappa shape index (κ1) is 14.4. The Morgan fingerprint density at radius 1 is 1.15 bits per heavy atom. The zero-order chi connectivity index (χ0) is 15.1. The molecule has 0 amide bonds. The fourth-order valence-electron chi connectivity index (χ4n) is 1.87. The molecule has 1 heterocycles. The standard InChI is InChI=1S/C14H14F3NO2/c1-13(2,3)20-12(19)18-8-10(14(15,16)17)9-6-4-5-7-11(9)18/h4-8H,1-3H3. The quantitative estimate of drug-likeness (QED) is 0.716. The number of rotatable bonds is 0. The van der Waals surface area contributed by atoms with Gasteiger partial charge in [0.15, 0.2) is 0 Å². The third kappa shape index (κ3) is 2.79. The topological polar surface area (TPSA) is 31.2 Å². The molecule has 2 aromatic rings. The number of para-hydroxylation sites is 1. The molecule has 1 aromatic carbocycles. The highest BCUT2D eigenvalue weighted by molar-refractivity contribution is 5.92. The predicted octanol–water partition coefficient (Wildman–Crippen LogP) is 4.44. The van der Waals surface area contributed by atoms with Crippen LogP contribution in [0.5, 0.6) is 0 Å². The number of carbonyl (C=O) groups is 1. The van der Waals surface area contributed by atoms with Crippen LogP contribution in [0.1, 0.15) is 26.3 Å². The highest BCUT2D eigenvalue weighted by Gasteiger charge is 2.35. The summed E-state index contributed by atoms with van der Waals surface area (Å²) in [6, 6.07) is 5.86. The van der Waals surface area contributed by atoms with Crippen LogP contribution in [0.4, 0.5) is 18.0 Å². The van der Waals surface area contributed by atoms with E-state index in [1.54, 1.807) is 26.8 Å². The number of nitrogens with zero attached hydrogens (tertiary/aromatic N) is 1. The van der Waals surface area contributed by atoms with Gasteiger partial charge in [-0.2, -0.15) is 13.2 Å². The predicted molar refractivity (Wildman–Crippen MR) is 68.6 cm³/mol. The van der Waals surface area contributed by atoms with Crippen LogP contribution >= 0.6 is 0 Å². The molecule has 1 aromatic heterocycles. The lowest BCUT2D eigenvalue weighted by molar-refractivity contribution is -0.136. The summed E-state index contributed by atoms with van der Waals surface area (Å²) in [4.78, 5) is 12.0. The molecular formula is C14H14F3NO2. The monoisotopic (exact) mass is 285 g/mol. The van der Waals surface area contributed by atoms with E-state index in [-0.39, 0.29) is 10.9 Å². The van der Waals surface area contributed by atoms with E-state index in [1.165, 1.54) is 18.2 Å². The summed E-state index contributed by atoms with van der Waals surface area (Å²) in [6.45, 7) is 4.96. The molecule has 0 unspecified atom stereocenters. The van der Waals surface area contributed by atoms with E-state index in [0.717, 1.165) is 10.8 Å².